The van der Waals surface area contributed by atoms with Crippen molar-refractivity contribution in [3.8, 4) is 5.88 Å². The number of carbonyl (C=O) groups excluding carboxylic acids is 1. The molecule has 1 saturated heterocycles. The quantitative estimate of drug-likeness (QED) is 0.857. The number of amides is 1. The molecule has 20 heavy (non-hydrogen) atoms. The lowest BCUT2D eigenvalue weighted by molar-refractivity contribution is 0.0766. The number of rotatable bonds is 3. The van der Waals surface area contributed by atoms with E-state index in [9.17, 15) is 4.79 Å². The van der Waals surface area contributed by atoms with Crippen LogP contribution >= 0.6 is 11.3 Å². The first-order valence-electron chi connectivity index (χ1n) is 6.38. The van der Waals surface area contributed by atoms with Crippen LogP contribution in [-0.2, 0) is 0 Å². The minimum absolute atomic E-state index is 0.0282. The summed E-state index contributed by atoms with van der Waals surface area (Å²) in [5, 5.41) is 10.4. The van der Waals surface area contributed by atoms with Crippen molar-refractivity contribution in [2.75, 3.05) is 13.1 Å². The molecule has 0 N–H and O–H groups in total. The summed E-state index contributed by atoms with van der Waals surface area (Å²) in [5.74, 6) is 0.468. The number of hydrogen-bond acceptors (Lipinski definition) is 6. The first-order valence-corrected chi connectivity index (χ1v) is 7.26. The van der Waals surface area contributed by atoms with Crippen LogP contribution in [0, 0.1) is 6.92 Å². The summed E-state index contributed by atoms with van der Waals surface area (Å²) in [6.07, 6.45) is 2.36. The molecule has 3 rings (SSSR count). The third-order valence-electron chi connectivity index (χ3n) is 3.11. The van der Waals surface area contributed by atoms with Gasteiger partial charge in [0.2, 0.25) is 5.88 Å². The molecule has 0 aliphatic carbocycles. The molecule has 0 bridgehead atoms. The summed E-state index contributed by atoms with van der Waals surface area (Å²) in [4.78, 5) is 18.2. The molecule has 1 atom stereocenters. The average molecular weight is 290 g/mol. The van der Waals surface area contributed by atoms with Crippen LogP contribution in [0.1, 0.15) is 21.9 Å². The molecule has 6 nitrogen and oxygen atoms in total. The van der Waals surface area contributed by atoms with Crippen LogP contribution < -0.4 is 4.74 Å². The normalized spacial score (nSPS) is 18.2. The monoisotopic (exact) mass is 290 g/mol. The van der Waals surface area contributed by atoms with Crippen molar-refractivity contribution in [1.82, 2.24) is 20.1 Å². The van der Waals surface area contributed by atoms with Gasteiger partial charge in [0.05, 0.1) is 11.6 Å². The molecule has 104 valence electrons. The van der Waals surface area contributed by atoms with Crippen LogP contribution in [0.5, 0.6) is 5.88 Å². The molecule has 1 amide bonds. The van der Waals surface area contributed by atoms with E-state index < -0.39 is 0 Å². The molecular formula is C13H14N4O2S. The molecular weight excluding hydrogens is 276 g/mol. The molecule has 1 unspecified atom stereocenters. The summed E-state index contributed by atoms with van der Waals surface area (Å²) in [6, 6.07) is 3.54. The molecule has 7 heteroatoms. The molecule has 2 aromatic heterocycles. The van der Waals surface area contributed by atoms with Gasteiger partial charge in [0, 0.05) is 30.6 Å². The van der Waals surface area contributed by atoms with Gasteiger partial charge in [-0.2, -0.15) is 5.10 Å². The van der Waals surface area contributed by atoms with E-state index in [1.165, 1.54) is 11.3 Å². The molecule has 1 aliphatic rings. The summed E-state index contributed by atoms with van der Waals surface area (Å²) in [7, 11) is 0. The smallest absolute Gasteiger partial charge is 0.273 e. The predicted molar refractivity (Wildman–Crippen MR) is 73.8 cm³/mol. The van der Waals surface area contributed by atoms with Gasteiger partial charge < -0.3 is 9.64 Å². The zero-order chi connectivity index (χ0) is 13.9. The van der Waals surface area contributed by atoms with Gasteiger partial charge in [0.1, 0.15) is 11.8 Å². The highest BCUT2D eigenvalue weighted by Crippen LogP contribution is 2.18. The van der Waals surface area contributed by atoms with Gasteiger partial charge in [0.15, 0.2) is 0 Å². The van der Waals surface area contributed by atoms with Gasteiger partial charge in [0.25, 0.3) is 5.91 Å². The number of hydrogen-bond donors (Lipinski definition) is 0. The Bertz CT molecular complexity index is 601. The molecule has 0 saturated carbocycles. The summed E-state index contributed by atoms with van der Waals surface area (Å²) in [5.41, 5.74) is 0.521. The molecule has 1 aliphatic heterocycles. The predicted octanol–water partition coefficient (Wildman–Crippen LogP) is 1.54. The molecule has 2 aromatic rings. The van der Waals surface area contributed by atoms with Crippen molar-refractivity contribution in [3.05, 3.63) is 34.4 Å². The second-order valence-electron chi connectivity index (χ2n) is 4.59. The standard InChI is InChI=1S/C13H14N4O2S/c1-9-15-11(8-20-9)13(18)17-6-4-10(7-17)19-12-3-2-5-14-16-12/h2-3,5,8,10H,4,6-7H2,1H3. The van der Waals surface area contributed by atoms with Gasteiger partial charge in [-0.15, -0.1) is 16.4 Å². The van der Waals surface area contributed by atoms with Gasteiger partial charge >= 0.3 is 0 Å². The Balaban J connectivity index is 1.61. The summed E-state index contributed by atoms with van der Waals surface area (Å²) in [6.45, 7) is 3.14. The van der Waals surface area contributed by atoms with E-state index in [4.69, 9.17) is 4.74 Å². The Labute approximate surface area is 120 Å². The van der Waals surface area contributed by atoms with Crippen molar-refractivity contribution in [2.24, 2.45) is 0 Å². The average Bonchev–Trinajstić information content (AvgIpc) is 3.08. The van der Waals surface area contributed by atoms with Crippen molar-refractivity contribution in [2.45, 2.75) is 19.4 Å². The number of aromatic nitrogens is 3. The molecule has 0 spiro atoms. The lowest BCUT2D eigenvalue weighted by atomic mass is 10.3. The lowest BCUT2D eigenvalue weighted by Crippen LogP contribution is -2.31. The Kier molecular flexibility index (Phi) is 3.60. The number of ether oxygens (including phenoxy) is 1. The number of aryl methyl sites for hydroxylation is 1. The second kappa shape index (κ2) is 5.54. The van der Waals surface area contributed by atoms with Gasteiger partial charge in [-0.3, -0.25) is 4.79 Å². The van der Waals surface area contributed by atoms with E-state index in [0.717, 1.165) is 11.4 Å². The van der Waals surface area contributed by atoms with E-state index in [0.29, 0.717) is 24.7 Å². The highest BCUT2D eigenvalue weighted by Gasteiger charge is 2.29. The first kappa shape index (κ1) is 13.0. The van der Waals surface area contributed by atoms with Gasteiger partial charge in [-0.25, -0.2) is 4.98 Å². The second-order valence-corrected chi connectivity index (χ2v) is 5.66. The van der Waals surface area contributed by atoms with Crippen LogP contribution in [0.15, 0.2) is 23.7 Å². The number of nitrogens with zero attached hydrogens (tertiary/aromatic N) is 4. The highest BCUT2D eigenvalue weighted by molar-refractivity contribution is 7.09. The van der Waals surface area contributed by atoms with Crippen molar-refractivity contribution >= 4 is 17.2 Å². The van der Waals surface area contributed by atoms with Crippen LogP contribution in [0.25, 0.3) is 0 Å². The minimum atomic E-state index is -0.0321. The van der Waals surface area contributed by atoms with E-state index in [1.807, 2.05) is 6.92 Å². The zero-order valence-electron chi connectivity index (χ0n) is 11.0. The van der Waals surface area contributed by atoms with Gasteiger partial charge in [-0.05, 0) is 13.0 Å². The Hall–Kier alpha value is -2.02. The van der Waals surface area contributed by atoms with Crippen molar-refractivity contribution in [1.29, 1.82) is 0 Å². The van der Waals surface area contributed by atoms with E-state index in [2.05, 4.69) is 15.2 Å². The minimum Gasteiger partial charge on any atom is -0.471 e. The molecule has 1 fully saturated rings. The Morgan fingerprint density at radius 2 is 2.45 bits per heavy atom. The Morgan fingerprint density at radius 1 is 1.55 bits per heavy atom. The van der Waals surface area contributed by atoms with Crippen LogP contribution in [0.2, 0.25) is 0 Å². The number of carbonyl (C=O) groups is 1. The lowest BCUT2D eigenvalue weighted by Gasteiger charge is -2.15. The van der Waals surface area contributed by atoms with E-state index in [1.54, 1.807) is 28.6 Å². The van der Waals surface area contributed by atoms with Crippen molar-refractivity contribution < 1.29 is 9.53 Å². The van der Waals surface area contributed by atoms with Crippen molar-refractivity contribution in [3.63, 3.8) is 0 Å². The largest absolute Gasteiger partial charge is 0.471 e. The maximum Gasteiger partial charge on any atom is 0.273 e. The number of thiazole rings is 1. The molecule has 3 heterocycles. The number of likely N-dealkylation sites (tertiary alicyclic amines) is 1. The first-order chi connectivity index (χ1) is 9.72. The van der Waals surface area contributed by atoms with Crippen LogP contribution in [0.4, 0.5) is 0 Å². The molecule has 0 aromatic carbocycles. The summed E-state index contributed by atoms with van der Waals surface area (Å²) >= 11 is 1.49. The molecule has 0 radical (unpaired) electrons. The van der Waals surface area contributed by atoms with Crippen LogP contribution in [-0.4, -0.2) is 45.2 Å². The zero-order valence-corrected chi connectivity index (χ0v) is 11.8. The van der Waals surface area contributed by atoms with E-state index in [-0.39, 0.29) is 12.0 Å². The fourth-order valence-electron chi connectivity index (χ4n) is 2.15. The third kappa shape index (κ3) is 2.77. The fraction of sp³-hybridized carbons (Fsp3) is 0.385. The van der Waals surface area contributed by atoms with E-state index >= 15 is 0 Å². The highest BCUT2D eigenvalue weighted by atomic mass is 32.1. The van der Waals surface area contributed by atoms with Gasteiger partial charge in [-0.1, -0.05) is 0 Å². The summed E-state index contributed by atoms with van der Waals surface area (Å²) < 4.78 is 5.71. The third-order valence-corrected chi connectivity index (χ3v) is 3.88. The maximum absolute atomic E-state index is 12.2. The topological polar surface area (TPSA) is 68.2 Å². The van der Waals surface area contributed by atoms with Crippen LogP contribution in [0.3, 0.4) is 0 Å². The fourth-order valence-corrected chi connectivity index (χ4v) is 2.74. The Morgan fingerprint density at radius 3 is 3.15 bits per heavy atom. The SMILES string of the molecule is Cc1nc(C(=O)N2CCC(Oc3cccnn3)C2)cs1. The maximum atomic E-state index is 12.2.